The van der Waals surface area contributed by atoms with Crippen molar-refractivity contribution in [1.29, 1.82) is 0 Å². The van der Waals surface area contributed by atoms with Crippen LogP contribution in [-0.4, -0.2) is 11.7 Å². The van der Waals surface area contributed by atoms with Crippen molar-refractivity contribution in [2.24, 2.45) is 11.7 Å². The minimum atomic E-state index is 0.354. The predicted molar refractivity (Wildman–Crippen MR) is 71.8 cm³/mol. The van der Waals surface area contributed by atoms with Crippen LogP contribution < -0.4 is 5.73 Å². The Labute approximate surface area is 106 Å². The van der Waals surface area contributed by atoms with E-state index in [1.807, 2.05) is 13.0 Å². The number of rotatable bonds is 4. The van der Waals surface area contributed by atoms with Gasteiger partial charge in [0.25, 0.3) is 0 Å². The van der Waals surface area contributed by atoms with Crippen LogP contribution >= 0.6 is 15.9 Å². The standard InChI is InChI=1S/C13H20BrNO/c1-8(2)11(4-5-15)10-6-12(14)9(3)13(16)7-10/h6-8,11,16H,4-5,15H2,1-3H3. The van der Waals surface area contributed by atoms with Gasteiger partial charge >= 0.3 is 0 Å². The molecule has 0 aromatic heterocycles. The van der Waals surface area contributed by atoms with E-state index in [0.717, 1.165) is 22.0 Å². The molecule has 0 saturated heterocycles. The van der Waals surface area contributed by atoms with Crippen LogP contribution in [0.2, 0.25) is 0 Å². The summed E-state index contributed by atoms with van der Waals surface area (Å²) in [5.41, 5.74) is 7.69. The number of phenols is 1. The summed E-state index contributed by atoms with van der Waals surface area (Å²) in [5.74, 6) is 1.29. The normalized spacial score (nSPS) is 13.1. The van der Waals surface area contributed by atoms with Crippen LogP contribution in [0.25, 0.3) is 0 Å². The van der Waals surface area contributed by atoms with Gasteiger partial charge in [-0.25, -0.2) is 0 Å². The van der Waals surface area contributed by atoms with Gasteiger partial charge in [-0.2, -0.15) is 0 Å². The second kappa shape index (κ2) is 5.69. The second-order valence-corrected chi connectivity index (χ2v) is 5.43. The van der Waals surface area contributed by atoms with Crippen molar-refractivity contribution in [2.45, 2.75) is 33.1 Å². The number of hydrogen-bond donors (Lipinski definition) is 2. The first kappa shape index (κ1) is 13.5. The number of halogens is 1. The molecular weight excluding hydrogens is 266 g/mol. The van der Waals surface area contributed by atoms with E-state index in [-0.39, 0.29) is 0 Å². The molecule has 0 bridgehead atoms. The molecule has 0 aliphatic carbocycles. The Kier molecular flexibility index (Phi) is 4.81. The molecule has 2 nitrogen and oxygen atoms in total. The van der Waals surface area contributed by atoms with Crippen LogP contribution in [0.4, 0.5) is 0 Å². The van der Waals surface area contributed by atoms with E-state index in [1.54, 1.807) is 0 Å². The van der Waals surface area contributed by atoms with Gasteiger partial charge in [0.2, 0.25) is 0 Å². The SMILES string of the molecule is Cc1c(O)cc(C(CCN)C(C)C)cc1Br. The molecule has 0 aliphatic heterocycles. The number of hydrogen-bond acceptors (Lipinski definition) is 2. The first-order valence-electron chi connectivity index (χ1n) is 5.66. The van der Waals surface area contributed by atoms with Crippen molar-refractivity contribution < 1.29 is 5.11 Å². The van der Waals surface area contributed by atoms with Gasteiger partial charge in [0.15, 0.2) is 0 Å². The Morgan fingerprint density at radius 2 is 2.00 bits per heavy atom. The fraction of sp³-hybridized carbons (Fsp3) is 0.538. The van der Waals surface area contributed by atoms with E-state index in [2.05, 4.69) is 35.8 Å². The first-order chi connectivity index (χ1) is 7.47. The number of aromatic hydroxyl groups is 1. The van der Waals surface area contributed by atoms with E-state index in [9.17, 15) is 5.11 Å². The molecule has 1 rings (SSSR count). The zero-order valence-corrected chi connectivity index (χ0v) is 11.7. The molecular formula is C13H20BrNO. The van der Waals surface area contributed by atoms with Crippen LogP contribution in [0.3, 0.4) is 0 Å². The summed E-state index contributed by atoms with van der Waals surface area (Å²) >= 11 is 3.47. The van der Waals surface area contributed by atoms with Crippen LogP contribution in [0.15, 0.2) is 16.6 Å². The van der Waals surface area contributed by atoms with Crippen molar-refractivity contribution in [3.05, 3.63) is 27.7 Å². The van der Waals surface area contributed by atoms with Crippen LogP contribution in [0, 0.1) is 12.8 Å². The molecule has 1 unspecified atom stereocenters. The summed E-state index contributed by atoms with van der Waals surface area (Å²) in [7, 11) is 0. The molecule has 1 atom stereocenters. The third-order valence-electron chi connectivity index (χ3n) is 3.05. The van der Waals surface area contributed by atoms with Crippen LogP contribution in [-0.2, 0) is 0 Å². The lowest BCUT2D eigenvalue weighted by molar-refractivity contribution is 0.454. The van der Waals surface area contributed by atoms with Gasteiger partial charge < -0.3 is 10.8 Å². The molecule has 90 valence electrons. The Balaban J connectivity index is 3.10. The molecule has 0 radical (unpaired) electrons. The van der Waals surface area contributed by atoms with E-state index >= 15 is 0 Å². The molecule has 3 heteroatoms. The summed E-state index contributed by atoms with van der Waals surface area (Å²) in [5, 5.41) is 9.82. The first-order valence-corrected chi connectivity index (χ1v) is 6.45. The van der Waals surface area contributed by atoms with Crippen molar-refractivity contribution in [3.63, 3.8) is 0 Å². The minimum Gasteiger partial charge on any atom is -0.508 e. The monoisotopic (exact) mass is 285 g/mol. The highest BCUT2D eigenvalue weighted by Gasteiger charge is 2.17. The number of nitrogens with two attached hydrogens (primary N) is 1. The van der Waals surface area contributed by atoms with E-state index in [1.165, 1.54) is 0 Å². The largest absolute Gasteiger partial charge is 0.508 e. The minimum absolute atomic E-state index is 0.354. The zero-order valence-electron chi connectivity index (χ0n) is 10.1. The number of benzene rings is 1. The molecule has 0 fully saturated rings. The highest BCUT2D eigenvalue weighted by molar-refractivity contribution is 9.10. The Morgan fingerprint density at radius 1 is 1.38 bits per heavy atom. The van der Waals surface area contributed by atoms with Crippen molar-refractivity contribution in [3.8, 4) is 5.75 Å². The number of phenolic OH excluding ortho intramolecular Hbond substituents is 1. The van der Waals surface area contributed by atoms with Crippen LogP contribution in [0.1, 0.15) is 37.3 Å². The summed E-state index contributed by atoms with van der Waals surface area (Å²) in [6, 6.07) is 3.95. The quantitative estimate of drug-likeness (QED) is 0.889. The molecule has 0 aliphatic rings. The lowest BCUT2D eigenvalue weighted by atomic mass is 9.85. The maximum atomic E-state index is 9.82. The van der Waals surface area contributed by atoms with Gasteiger partial charge in [-0.3, -0.25) is 0 Å². The summed E-state index contributed by atoms with van der Waals surface area (Å²) in [6.45, 7) is 6.95. The van der Waals surface area contributed by atoms with Gasteiger partial charge in [0, 0.05) is 10.0 Å². The lowest BCUT2D eigenvalue weighted by Gasteiger charge is -2.21. The highest BCUT2D eigenvalue weighted by atomic mass is 79.9. The van der Waals surface area contributed by atoms with E-state index < -0.39 is 0 Å². The Hall–Kier alpha value is -0.540. The lowest BCUT2D eigenvalue weighted by Crippen LogP contribution is -2.12. The molecule has 16 heavy (non-hydrogen) atoms. The maximum absolute atomic E-state index is 9.82. The third kappa shape index (κ3) is 2.98. The summed E-state index contributed by atoms with van der Waals surface area (Å²) < 4.78 is 0.963. The van der Waals surface area contributed by atoms with Gasteiger partial charge in [-0.1, -0.05) is 29.8 Å². The fourth-order valence-corrected chi connectivity index (χ4v) is 2.43. The smallest absolute Gasteiger partial charge is 0.119 e. The van der Waals surface area contributed by atoms with Gasteiger partial charge in [0.05, 0.1) is 0 Å². The molecule has 1 aromatic rings. The average Bonchev–Trinajstić information content (AvgIpc) is 2.21. The molecule has 0 heterocycles. The maximum Gasteiger partial charge on any atom is 0.119 e. The molecule has 3 N–H and O–H groups in total. The predicted octanol–water partition coefficient (Wildman–Crippen LogP) is 3.55. The molecule has 0 saturated carbocycles. The van der Waals surface area contributed by atoms with Gasteiger partial charge in [0.1, 0.15) is 5.75 Å². The van der Waals surface area contributed by atoms with Gasteiger partial charge in [-0.05, 0) is 49.4 Å². The van der Waals surface area contributed by atoms with Crippen molar-refractivity contribution in [2.75, 3.05) is 6.54 Å². The van der Waals surface area contributed by atoms with Gasteiger partial charge in [-0.15, -0.1) is 0 Å². The van der Waals surface area contributed by atoms with Crippen LogP contribution in [0.5, 0.6) is 5.75 Å². The van der Waals surface area contributed by atoms with E-state index in [0.29, 0.717) is 24.1 Å². The molecule has 0 spiro atoms. The zero-order chi connectivity index (χ0) is 12.3. The Morgan fingerprint density at radius 3 is 2.44 bits per heavy atom. The Bertz CT molecular complexity index is 340. The summed E-state index contributed by atoms with van der Waals surface area (Å²) in [4.78, 5) is 0. The van der Waals surface area contributed by atoms with E-state index in [4.69, 9.17) is 5.73 Å². The third-order valence-corrected chi connectivity index (χ3v) is 3.87. The average molecular weight is 286 g/mol. The molecule has 1 aromatic carbocycles. The van der Waals surface area contributed by atoms with Crippen molar-refractivity contribution in [1.82, 2.24) is 0 Å². The molecule has 0 amide bonds. The summed E-state index contributed by atoms with van der Waals surface area (Å²) in [6.07, 6.45) is 0.951. The highest BCUT2D eigenvalue weighted by Crippen LogP contribution is 2.34. The van der Waals surface area contributed by atoms with Crippen molar-refractivity contribution >= 4 is 15.9 Å². The second-order valence-electron chi connectivity index (χ2n) is 4.57. The fourth-order valence-electron chi connectivity index (χ4n) is 1.96. The topological polar surface area (TPSA) is 46.2 Å².